The molecule has 0 fully saturated rings. The zero-order chi connectivity index (χ0) is 10.3. The summed E-state index contributed by atoms with van der Waals surface area (Å²) in [5.41, 5.74) is 1.01. The fourth-order valence-electron chi connectivity index (χ4n) is 1.72. The summed E-state index contributed by atoms with van der Waals surface area (Å²) in [5, 5.41) is 8.17. The maximum Gasteiger partial charge on any atom is 0.408 e. The van der Waals surface area contributed by atoms with Gasteiger partial charge in [0, 0.05) is 0 Å². The molecule has 1 aliphatic heterocycles. The van der Waals surface area contributed by atoms with E-state index in [0.29, 0.717) is 0 Å². The van der Waals surface area contributed by atoms with Crippen molar-refractivity contribution < 1.29 is 4.68 Å². The van der Waals surface area contributed by atoms with Crippen molar-refractivity contribution in [3.05, 3.63) is 29.4 Å². The summed E-state index contributed by atoms with van der Waals surface area (Å²) < 4.78 is 1.86. The number of halogens is 1. The minimum atomic E-state index is 0.751. The lowest BCUT2D eigenvalue weighted by Crippen LogP contribution is -2.50. The van der Waals surface area contributed by atoms with E-state index in [1.54, 1.807) is 0 Å². The highest BCUT2D eigenvalue weighted by atomic mass is 35.5. The van der Waals surface area contributed by atoms with E-state index in [-0.39, 0.29) is 0 Å². The first-order valence-corrected chi connectivity index (χ1v) is 5.20. The Morgan fingerprint density at radius 2 is 2.33 bits per heavy atom. The molecule has 2 N–H and O–H groups in total. The number of aliphatic imine (C=N–C) groups is 1. The van der Waals surface area contributed by atoms with Crippen molar-refractivity contribution in [1.29, 1.82) is 0 Å². The van der Waals surface area contributed by atoms with Gasteiger partial charge in [0.05, 0.1) is 22.5 Å². The average Bonchev–Trinajstić information content (AvgIpc) is 2.86. The Morgan fingerprint density at radius 1 is 1.40 bits per heavy atom. The number of H-pyrrole nitrogens is 1. The maximum absolute atomic E-state index is 6.08. The van der Waals surface area contributed by atoms with Crippen LogP contribution in [0.1, 0.15) is 0 Å². The number of hydrogen-bond acceptors (Lipinski definition) is 2. The topological polar surface area (TPSA) is 44.1 Å². The van der Waals surface area contributed by atoms with Gasteiger partial charge in [-0.05, 0) is 12.1 Å². The van der Waals surface area contributed by atoms with Crippen LogP contribution in [0.5, 0.6) is 0 Å². The van der Waals surface area contributed by atoms with E-state index in [0.717, 1.165) is 35.0 Å². The molecule has 76 valence electrons. The van der Waals surface area contributed by atoms with Crippen LogP contribution in [0.2, 0.25) is 5.02 Å². The average molecular weight is 222 g/mol. The van der Waals surface area contributed by atoms with Gasteiger partial charge >= 0.3 is 5.96 Å². The molecule has 0 bridgehead atoms. The Bertz CT molecular complexity index is 543. The SMILES string of the molecule is Clc1cccc2[nH][n+](C3=NCCN3)cc12. The molecular formula is C10H10ClN4+. The molecule has 0 radical (unpaired) electrons. The summed E-state index contributed by atoms with van der Waals surface area (Å²) in [4.78, 5) is 4.33. The first kappa shape index (κ1) is 8.73. The maximum atomic E-state index is 6.08. The van der Waals surface area contributed by atoms with E-state index in [1.807, 2.05) is 29.1 Å². The predicted molar refractivity (Wildman–Crippen MR) is 59.2 cm³/mol. The zero-order valence-electron chi connectivity index (χ0n) is 8.00. The second-order valence-electron chi connectivity index (χ2n) is 3.44. The van der Waals surface area contributed by atoms with Crippen LogP contribution in [-0.4, -0.2) is 24.1 Å². The van der Waals surface area contributed by atoms with E-state index < -0.39 is 0 Å². The van der Waals surface area contributed by atoms with Gasteiger partial charge in [0.15, 0.2) is 0 Å². The van der Waals surface area contributed by atoms with Crippen molar-refractivity contribution in [2.24, 2.45) is 4.99 Å². The van der Waals surface area contributed by atoms with Crippen LogP contribution < -0.4 is 10.00 Å². The lowest BCUT2D eigenvalue weighted by Gasteiger charge is -1.90. The molecule has 0 atom stereocenters. The standard InChI is InChI=1S/C10H9ClN4/c11-8-2-1-3-9-7(8)6-15(14-9)10-12-4-5-13-10/h1-3,6H,4-5H2,(H,12,13)/p+1. The molecule has 3 rings (SSSR count). The molecule has 0 saturated heterocycles. The molecule has 1 aromatic heterocycles. The van der Waals surface area contributed by atoms with E-state index in [9.17, 15) is 0 Å². The summed E-state index contributed by atoms with van der Waals surface area (Å²) in [5.74, 6) is 0.849. The first-order valence-electron chi connectivity index (χ1n) is 4.82. The van der Waals surface area contributed by atoms with Gasteiger partial charge < -0.3 is 0 Å². The zero-order valence-corrected chi connectivity index (χ0v) is 8.75. The highest BCUT2D eigenvalue weighted by Crippen LogP contribution is 2.19. The Hall–Kier alpha value is -1.55. The number of benzene rings is 1. The summed E-state index contributed by atoms with van der Waals surface area (Å²) in [7, 11) is 0. The molecule has 15 heavy (non-hydrogen) atoms. The fourth-order valence-corrected chi connectivity index (χ4v) is 1.94. The molecule has 0 amide bonds. The molecule has 1 aromatic carbocycles. The predicted octanol–water partition coefficient (Wildman–Crippen LogP) is 0.916. The van der Waals surface area contributed by atoms with Gasteiger partial charge in [0.1, 0.15) is 12.7 Å². The second kappa shape index (κ2) is 3.24. The summed E-state index contributed by atoms with van der Waals surface area (Å²) in [6, 6.07) is 5.80. The third-order valence-corrected chi connectivity index (χ3v) is 2.77. The van der Waals surface area contributed by atoms with E-state index >= 15 is 0 Å². The van der Waals surface area contributed by atoms with Gasteiger partial charge in [-0.3, -0.25) is 5.32 Å². The minimum absolute atomic E-state index is 0.751. The second-order valence-corrected chi connectivity index (χ2v) is 3.85. The van der Waals surface area contributed by atoms with Crippen molar-refractivity contribution in [3.8, 4) is 0 Å². The van der Waals surface area contributed by atoms with Crippen LogP contribution in [-0.2, 0) is 0 Å². The normalized spacial score (nSPS) is 15.4. The molecular weight excluding hydrogens is 212 g/mol. The van der Waals surface area contributed by atoms with Crippen LogP contribution in [0.15, 0.2) is 29.4 Å². The summed E-state index contributed by atoms with van der Waals surface area (Å²) in [6.07, 6.45) is 1.95. The van der Waals surface area contributed by atoms with E-state index in [4.69, 9.17) is 11.6 Å². The molecule has 0 unspecified atom stereocenters. The number of hydrogen-bond donors (Lipinski definition) is 2. The number of rotatable bonds is 0. The quantitative estimate of drug-likeness (QED) is 0.639. The molecule has 0 aliphatic carbocycles. The van der Waals surface area contributed by atoms with E-state index in [1.165, 1.54) is 0 Å². The van der Waals surface area contributed by atoms with Gasteiger partial charge in [-0.2, -0.15) is 0 Å². The number of aromatic amines is 1. The summed E-state index contributed by atoms with van der Waals surface area (Å²) in [6.45, 7) is 1.72. The van der Waals surface area contributed by atoms with Gasteiger partial charge in [-0.25, -0.2) is 5.10 Å². The van der Waals surface area contributed by atoms with Crippen LogP contribution in [0.25, 0.3) is 10.9 Å². The third kappa shape index (κ3) is 1.37. The lowest BCUT2D eigenvalue weighted by molar-refractivity contribution is -0.618. The van der Waals surface area contributed by atoms with Crippen LogP contribution in [0, 0.1) is 0 Å². The third-order valence-electron chi connectivity index (χ3n) is 2.44. The van der Waals surface area contributed by atoms with Crippen LogP contribution in [0.4, 0.5) is 0 Å². The van der Waals surface area contributed by atoms with Gasteiger partial charge in [-0.1, -0.05) is 17.7 Å². The number of nitrogens with zero attached hydrogens (tertiary/aromatic N) is 2. The monoisotopic (exact) mass is 221 g/mol. The molecule has 2 aromatic rings. The fraction of sp³-hybridized carbons (Fsp3) is 0.200. The largest absolute Gasteiger partial charge is 0.408 e. The molecule has 0 saturated carbocycles. The molecule has 0 spiro atoms. The van der Waals surface area contributed by atoms with Gasteiger partial charge in [0.25, 0.3) is 0 Å². The van der Waals surface area contributed by atoms with Crippen molar-refractivity contribution >= 4 is 28.5 Å². The molecule has 2 heterocycles. The van der Waals surface area contributed by atoms with Crippen molar-refractivity contribution in [2.45, 2.75) is 0 Å². The Labute approximate surface area is 91.6 Å². The van der Waals surface area contributed by atoms with Crippen LogP contribution >= 0.6 is 11.6 Å². The van der Waals surface area contributed by atoms with Gasteiger partial charge in [-0.15, -0.1) is 9.67 Å². The Kier molecular flexibility index (Phi) is 1.89. The van der Waals surface area contributed by atoms with Crippen molar-refractivity contribution in [2.75, 3.05) is 13.1 Å². The number of fused-ring (bicyclic) bond motifs is 1. The summed E-state index contributed by atoms with van der Waals surface area (Å²) >= 11 is 6.08. The number of nitrogens with one attached hydrogen (secondary N) is 2. The van der Waals surface area contributed by atoms with Gasteiger partial charge in [0.2, 0.25) is 0 Å². The Balaban J connectivity index is 2.18. The van der Waals surface area contributed by atoms with E-state index in [2.05, 4.69) is 15.4 Å². The molecule has 4 nitrogen and oxygen atoms in total. The lowest BCUT2D eigenvalue weighted by atomic mass is 10.3. The Morgan fingerprint density at radius 3 is 3.07 bits per heavy atom. The minimum Gasteiger partial charge on any atom is -0.270 e. The molecule has 5 heteroatoms. The van der Waals surface area contributed by atoms with Crippen LogP contribution in [0.3, 0.4) is 0 Å². The molecule has 1 aliphatic rings. The van der Waals surface area contributed by atoms with Crippen molar-refractivity contribution in [1.82, 2.24) is 10.4 Å². The number of aromatic nitrogens is 2. The highest BCUT2D eigenvalue weighted by Gasteiger charge is 2.18. The first-order chi connectivity index (χ1) is 7.34. The highest BCUT2D eigenvalue weighted by molar-refractivity contribution is 6.35. The smallest absolute Gasteiger partial charge is 0.270 e. The van der Waals surface area contributed by atoms with Crippen molar-refractivity contribution in [3.63, 3.8) is 0 Å².